The Balaban J connectivity index is 1.98. The maximum atomic E-state index is 11.1. The van der Waals surface area contributed by atoms with Crippen molar-refractivity contribution in [1.29, 1.82) is 0 Å². The Kier molecular flexibility index (Phi) is 3.95. The zero-order valence-electron chi connectivity index (χ0n) is 13.9. The SMILES string of the molecule is CCC/C=C/[C@H]1C=Cc2c(c3ccccc3c3ccccc23)[C@H]1O. The smallest absolute Gasteiger partial charge is 0.0899 e. The van der Waals surface area contributed by atoms with Crippen LogP contribution in [0.3, 0.4) is 0 Å². The fourth-order valence-electron chi connectivity index (χ4n) is 3.79. The Morgan fingerprint density at radius 2 is 1.54 bits per heavy atom. The number of hydrogen-bond acceptors (Lipinski definition) is 1. The van der Waals surface area contributed by atoms with Crippen molar-refractivity contribution in [2.75, 3.05) is 0 Å². The van der Waals surface area contributed by atoms with Crippen molar-refractivity contribution < 1.29 is 5.11 Å². The topological polar surface area (TPSA) is 20.2 Å². The summed E-state index contributed by atoms with van der Waals surface area (Å²) in [5, 5.41) is 15.9. The summed E-state index contributed by atoms with van der Waals surface area (Å²) in [6.07, 6.45) is 10.4. The van der Waals surface area contributed by atoms with Crippen molar-refractivity contribution in [2.45, 2.75) is 25.9 Å². The molecule has 120 valence electrons. The molecule has 0 amide bonds. The van der Waals surface area contributed by atoms with Gasteiger partial charge in [-0.2, -0.15) is 0 Å². The molecule has 0 aromatic heterocycles. The highest BCUT2D eigenvalue weighted by Gasteiger charge is 2.26. The highest BCUT2D eigenvalue weighted by molar-refractivity contribution is 6.13. The number of benzene rings is 3. The molecule has 0 radical (unpaired) electrons. The Hall–Kier alpha value is -2.38. The summed E-state index contributed by atoms with van der Waals surface area (Å²) in [6.45, 7) is 2.17. The van der Waals surface area contributed by atoms with E-state index in [9.17, 15) is 5.11 Å². The second-order valence-electron chi connectivity index (χ2n) is 6.52. The molecule has 0 bridgehead atoms. The normalized spacial score (nSPS) is 20.1. The van der Waals surface area contributed by atoms with Gasteiger partial charge in [0.1, 0.15) is 0 Å². The van der Waals surface area contributed by atoms with E-state index in [1.165, 1.54) is 16.2 Å². The number of rotatable bonds is 3. The van der Waals surface area contributed by atoms with E-state index in [1.54, 1.807) is 0 Å². The van der Waals surface area contributed by atoms with Crippen molar-refractivity contribution >= 4 is 27.6 Å². The van der Waals surface area contributed by atoms with Crippen molar-refractivity contribution in [3.63, 3.8) is 0 Å². The summed E-state index contributed by atoms with van der Waals surface area (Å²) in [7, 11) is 0. The molecular formula is C23H22O. The molecule has 1 nitrogen and oxygen atoms in total. The van der Waals surface area contributed by atoms with Gasteiger partial charge in [-0.1, -0.05) is 86.2 Å². The quantitative estimate of drug-likeness (QED) is 0.462. The van der Waals surface area contributed by atoms with Gasteiger partial charge in [0, 0.05) is 5.92 Å². The van der Waals surface area contributed by atoms with Gasteiger partial charge >= 0.3 is 0 Å². The lowest BCUT2D eigenvalue weighted by Gasteiger charge is -2.27. The van der Waals surface area contributed by atoms with E-state index in [0.29, 0.717) is 0 Å². The first-order valence-corrected chi connectivity index (χ1v) is 8.77. The van der Waals surface area contributed by atoms with E-state index in [2.05, 4.69) is 79.8 Å². The van der Waals surface area contributed by atoms with E-state index < -0.39 is 6.10 Å². The second-order valence-corrected chi connectivity index (χ2v) is 6.52. The summed E-state index contributed by atoms with van der Waals surface area (Å²) < 4.78 is 0. The first-order valence-electron chi connectivity index (χ1n) is 8.77. The highest BCUT2D eigenvalue weighted by Crippen LogP contribution is 2.42. The Morgan fingerprint density at radius 1 is 0.917 bits per heavy atom. The third-order valence-corrected chi connectivity index (χ3v) is 4.97. The number of aliphatic hydroxyl groups excluding tert-OH is 1. The minimum absolute atomic E-state index is 0.0496. The summed E-state index contributed by atoms with van der Waals surface area (Å²) in [6, 6.07) is 16.9. The maximum Gasteiger partial charge on any atom is 0.0899 e. The summed E-state index contributed by atoms with van der Waals surface area (Å²) in [5.41, 5.74) is 2.23. The van der Waals surface area contributed by atoms with Gasteiger partial charge in [0.2, 0.25) is 0 Å². The monoisotopic (exact) mass is 314 g/mol. The molecule has 1 heteroatoms. The molecule has 2 atom stereocenters. The number of aliphatic hydroxyl groups is 1. The molecule has 24 heavy (non-hydrogen) atoms. The number of hydrogen-bond donors (Lipinski definition) is 1. The molecule has 0 unspecified atom stereocenters. The summed E-state index contributed by atoms with van der Waals surface area (Å²) in [4.78, 5) is 0. The number of fused-ring (bicyclic) bond motifs is 6. The molecular weight excluding hydrogens is 292 g/mol. The van der Waals surface area contributed by atoms with Gasteiger partial charge in [0.15, 0.2) is 0 Å². The van der Waals surface area contributed by atoms with Crippen molar-refractivity contribution in [3.05, 3.63) is 77.9 Å². The Labute approximate surface area is 142 Å². The van der Waals surface area contributed by atoms with E-state index in [1.807, 2.05) is 0 Å². The van der Waals surface area contributed by atoms with Gasteiger partial charge < -0.3 is 5.11 Å². The summed E-state index contributed by atoms with van der Waals surface area (Å²) >= 11 is 0. The minimum atomic E-state index is -0.493. The third kappa shape index (κ3) is 2.37. The van der Waals surface area contributed by atoms with Crippen LogP contribution in [0.1, 0.15) is 37.0 Å². The Bertz CT molecular complexity index is 949. The van der Waals surface area contributed by atoms with Crippen LogP contribution in [0, 0.1) is 5.92 Å². The predicted molar refractivity (Wildman–Crippen MR) is 103 cm³/mol. The van der Waals surface area contributed by atoms with Crippen molar-refractivity contribution in [2.24, 2.45) is 5.92 Å². The van der Waals surface area contributed by atoms with Gasteiger partial charge in [0.25, 0.3) is 0 Å². The highest BCUT2D eigenvalue weighted by atomic mass is 16.3. The lowest BCUT2D eigenvalue weighted by Crippen LogP contribution is -2.14. The lowest BCUT2D eigenvalue weighted by molar-refractivity contribution is 0.151. The first kappa shape index (κ1) is 15.2. The van der Waals surface area contributed by atoms with Crippen LogP contribution in [0.2, 0.25) is 0 Å². The van der Waals surface area contributed by atoms with Gasteiger partial charge in [-0.25, -0.2) is 0 Å². The van der Waals surface area contributed by atoms with Gasteiger partial charge in [-0.15, -0.1) is 0 Å². The molecule has 0 aliphatic heterocycles. The largest absolute Gasteiger partial charge is 0.387 e. The van der Waals surface area contributed by atoms with Gasteiger partial charge in [-0.3, -0.25) is 0 Å². The first-order chi connectivity index (χ1) is 11.8. The number of allylic oxidation sites excluding steroid dienone is 1. The van der Waals surface area contributed by atoms with Gasteiger partial charge in [0.05, 0.1) is 6.10 Å². The van der Waals surface area contributed by atoms with E-state index in [0.717, 1.165) is 29.4 Å². The zero-order chi connectivity index (χ0) is 16.5. The molecule has 0 spiro atoms. The fraction of sp³-hybridized carbons (Fsp3) is 0.217. The predicted octanol–water partition coefficient (Wildman–Crippen LogP) is 6.03. The average Bonchev–Trinajstić information content (AvgIpc) is 2.63. The zero-order valence-corrected chi connectivity index (χ0v) is 13.9. The molecule has 1 aliphatic rings. The number of unbranched alkanes of at least 4 members (excludes halogenated alkanes) is 1. The molecule has 0 saturated carbocycles. The third-order valence-electron chi connectivity index (χ3n) is 4.97. The van der Waals surface area contributed by atoms with Crippen LogP contribution < -0.4 is 0 Å². The molecule has 3 aromatic carbocycles. The van der Waals surface area contributed by atoms with Crippen LogP contribution >= 0.6 is 0 Å². The Morgan fingerprint density at radius 3 is 2.25 bits per heavy atom. The van der Waals surface area contributed by atoms with Crippen molar-refractivity contribution in [3.8, 4) is 0 Å². The van der Waals surface area contributed by atoms with Crippen LogP contribution in [0.15, 0.2) is 66.8 Å². The standard InChI is InChI=1S/C23H22O/c1-2-3-4-9-16-14-15-21-19-12-6-5-10-17(19)18-11-7-8-13-20(18)22(21)23(16)24/h4-16,23-24H,2-3H2,1H3/b9-4+/t16-,23-/m0/s1. The molecule has 4 rings (SSSR count). The maximum absolute atomic E-state index is 11.1. The average molecular weight is 314 g/mol. The molecule has 3 aromatic rings. The van der Waals surface area contributed by atoms with E-state index >= 15 is 0 Å². The van der Waals surface area contributed by atoms with E-state index in [4.69, 9.17) is 0 Å². The van der Waals surface area contributed by atoms with Crippen LogP contribution in [-0.2, 0) is 0 Å². The molecule has 1 aliphatic carbocycles. The summed E-state index contributed by atoms with van der Waals surface area (Å²) in [5.74, 6) is 0.0496. The molecule has 1 N–H and O–H groups in total. The van der Waals surface area contributed by atoms with Crippen LogP contribution in [-0.4, -0.2) is 5.11 Å². The van der Waals surface area contributed by atoms with Gasteiger partial charge in [-0.05, 0) is 39.1 Å². The molecule has 0 heterocycles. The van der Waals surface area contributed by atoms with Crippen LogP contribution in [0.5, 0.6) is 0 Å². The second kappa shape index (κ2) is 6.26. The fourth-order valence-corrected chi connectivity index (χ4v) is 3.79. The van der Waals surface area contributed by atoms with Crippen LogP contribution in [0.25, 0.3) is 27.6 Å². The van der Waals surface area contributed by atoms with E-state index in [-0.39, 0.29) is 5.92 Å². The molecule has 0 saturated heterocycles. The van der Waals surface area contributed by atoms with Crippen molar-refractivity contribution in [1.82, 2.24) is 0 Å². The van der Waals surface area contributed by atoms with Crippen LogP contribution in [0.4, 0.5) is 0 Å². The lowest BCUT2D eigenvalue weighted by atomic mass is 9.81. The molecule has 0 fully saturated rings. The minimum Gasteiger partial charge on any atom is -0.387 e.